The highest BCUT2D eigenvalue weighted by Crippen LogP contribution is 2.45. The van der Waals surface area contributed by atoms with Crippen molar-refractivity contribution >= 4 is 51.7 Å². The Morgan fingerprint density at radius 2 is 1.59 bits per heavy atom. The molecule has 2 heterocycles. The normalized spacial score (nSPS) is 16.7. The van der Waals surface area contributed by atoms with Crippen molar-refractivity contribution in [1.82, 2.24) is 5.32 Å². The number of anilines is 2. The van der Waals surface area contributed by atoms with Crippen LogP contribution in [0.5, 0.6) is 0 Å². The number of amides is 3. The molecule has 8 heteroatoms. The summed E-state index contributed by atoms with van der Waals surface area (Å²) in [6.07, 6.45) is 0. The SMILES string of the molecule is CC1=C(C(=O)Nc2ccccc2)C(c2ccccc2)C2=C(NC(=O)Nc3ccc(C)c(Cl)c3)CSC2=N1. The molecule has 0 saturated heterocycles. The van der Waals surface area contributed by atoms with E-state index in [4.69, 9.17) is 16.6 Å². The van der Waals surface area contributed by atoms with E-state index in [-0.39, 0.29) is 17.9 Å². The van der Waals surface area contributed by atoms with Gasteiger partial charge in [-0.2, -0.15) is 0 Å². The molecule has 0 bridgehead atoms. The zero-order valence-corrected chi connectivity index (χ0v) is 21.9. The van der Waals surface area contributed by atoms with Gasteiger partial charge in [0.2, 0.25) is 0 Å². The second-order valence-electron chi connectivity index (χ2n) is 8.80. The average Bonchev–Trinajstić information content (AvgIpc) is 3.28. The van der Waals surface area contributed by atoms with Gasteiger partial charge in [-0.3, -0.25) is 4.79 Å². The highest BCUT2D eigenvalue weighted by molar-refractivity contribution is 8.15. The third kappa shape index (κ3) is 5.33. The third-order valence-electron chi connectivity index (χ3n) is 6.25. The summed E-state index contributed by atoms with van der Waals surface area (Å²) < 4.78 is 0. The van der Waals surface area contributed by atoms with Gasteiger partial charge >= 0.3 is 6.03 Å². The van der Waals surface area contributed by atoms with E-state index in [1.54, 1.807) is 23.9 Å². The summed E-state index contributed by atoms with van der Waals surface area (Å²) >= 11 is 7.77. The molecule has 5 rings (SSSR count). The molecule has 1 unspecified atom stereocenters. The fraction of sp³-hybridized carbons (Fsp3) is 0.138. The fourth-order valence-electron chi connectivity index (χ4n) is 4.45. The number of benzene rings is 3. The molecule has 3 amide bonds. The summed E-state index contributed by atoms with van der Waals surface area (Å²) in [6.45, 7) is 3.77. The number of aliphatic imine (C=N–C) groups is 1. The van der Waals surface area contributed by atoms with Crippen LogP contribution in [0.25, 0.3) is 0 Å². The van der Waals surface area contributed by atoms with Gasteiger partial charge < -0.3 is 16.0 Å². The topological polar surface area (TPSA) is 82.6 Å². The summed E-state index contributed by atoms with van der Waals surface area (Å²) in [5, 5.41) is 10.3. The lowest BCUT2D eigenvalue weighted by Gasteiger charge is -2.28. The number of carbonyl (C=O) groups is 2. The number of aryl methyl sites for hydroxylation is 1. The maximum Gasteiger partial charge on any atom is 0.323 e. The van der Waals surface area contributed by atoms with Crippen LogP contribution in [0.4, 0.5) is 16.2 Å². The van der Waals surface area contributed by atoms with Crippen LogP contribution >= 0.6 is 23.4 Å². The molecule has 186 valence electrons. The Labute approximate surface area is 224 Å². The lowest BCUT2D eigenvalue weighted by Crippen LogP contribution is -2.32. The predicted molar refractivity (Wildman–Crippen MR) is 152 cm³/mol. The molecule has 2 aliphatic rings. The van der Waals surface area contributed by atoms with Crippen molar-refractivity contribution in [2.45, 2.75) is 19.8 Å². The van der Waals surface area contributed by atoms with E-state index in [0.717, 1.165) is 27.4 Å². The molecule has 1 atom stereocenters. The third-order valence-corrected chi connectivity index (χ3v) is 7.67. The number of para-hydroxylation sites is 1. The van der Waals surface area contributed by atoms with Gasteiger partial charge in [0.05, 0.1) is 5.57 Å². The van der Waals surface area contributed by atoms with E-state index in [9.17, 15) is 9.59 Å². The molecular weight excluding hydrogens is 504 g/mol. The number of hydrogen-bond donors (Lipinski definition) is 3. The molecule has 3 aromatic rings. The minimum Gasteiger partial charge on any atom is -0.322 e. The largest absolute Gasteiger partial charge is 0.323 e. The average molecular weight is 529 g/mol. The summed E-state index contributed by atoms with van der Waals surface area (Å²) in [7, 11) is 0. The van der Waals surface area contributed by atoms with Crippen LogP contribution in [0.15, 0.2) is 106 Å². The number of thioether (sulfide) groups is 1. The summed E-state index contributed by atoms with van der Waals surface area (Å²) in [4.78, 5) is 31.3. The molecule has 6 nitrogen and oxygen atoms in total. The van der Waals surface area contributed by atoms with Crippen LogP contribution in [0.3, 0.4) is 0 Å². The van der Waals surface area contributed by atoms with Gasteiger partial charge in [-0.05, 0) is 49.2 Å². The minimum atomic E-state index is -0.378. The second-order valence-corrected chi connectivity index (χ2v) is 10.2. The Hall–Kier alpha value is -3.81. The van der Waals surface area contributed by atoms with Crippen molar-refractivity contribution in [3.05, 3.63) is 118 Å². The van der Waals surface area contributed by atoms with Crippen LogP contribution in [0.2, 0.25) is 5.02 Å². The smallest absolute Gasteiger partial charge is 0.322 e. The monoisotopic (exact) mass is 528 g/mol. The number of allylic oxidation sites excluding steroid dienone is 1. The van der Waals surface area contributed by atoms with Crippen LogP contribution in [-0.4, -0.2) is 22.7 Å². The Kier molecular flexibility index (Phi) is 7.17. The van der Waals surface area contributed by atoms with Gasteiger partial charge in [0.1, 0.15) is 5.04 Å². The molecule has 2 aliphatic heterocycles. The first kappa shape index (κ1) is 24.9. The van der Waals surface area contributed by atoms with Crippen LogP contribution in [-0.2, 0) is 4.79 Å². The lowest BCUT2D eigenvalue weighted by molar-refractivity contribution is -0.113. The highest BCUT2D eigenvalue weighted by atomic mass is 35.5. The second kappa shape index (κ2) is 10.7. The number of rotatable bonds is 5. The molecule has 0 radical (unpaired) electrons. The van der Waals surface area contributed by atoms with Gasteiger partial charge in [0.15, 0.2) is 0 Å². The van der Waals surface area contributed by atoms with Crippen molar-refractivity contribution in [3.8, 4) is 0 Å². The molecule has 0 spiro atoms. The van der Waals surface area contributed by atoms with Crippen LogP contribution in [0, 0.1) is 6.92 Å². The van der Waals surface area contributed by atoms with E-state index in [1.807, 2.05) is 80.6 Å². The number of carbonyl (C=O) groups excluding carboxylic acids is 2. The van der Waals surface area contributed by atoms with Crippen molar-refractivity contribution in [2.75, 3.05) is 16.4 Å². The van der Waals surface area contributed by atoms with Gasteiger partial charge in [0.25, 0.3) is 5.91 Å². The predicted octanol–water partition coefficient (Wildman–Crippen LogP) is 6.88. The van der Waals surface area contributed by atoms with Gasteiger partial charge in [-0.15, -0.1) is 0 Å². The number of fused-ring (bicyclic) bond motifs is 1. The molecule has 37 heavy (non-hydrogen) atoms. The number of urea groups is 1. The van der Waals surface area contributed by atoms with E-state index < -0.39 is 0 Å². The number of halogens is 1. The Balaban J connectivity index is 1.50. The number of nitrogens with one attached hydrogen (secondary N) is 3. The van der Waals surface area contributed by atoms with Crippen molar-refractivity contribution in [2.24, 2.45) is 4.99 Å². The standard InChI is InChI=1S/C29H25ClN4O2S/c1-17-13-14-21(15-22(17)30)33-29(36)34-23-16-37-28-26(23)25(19-9-5-3-6-10-19)24(18(2)31-28)27(35)32-20-11-7-4-8-12-20/h3-15,25H,16H2,1-2H3,(H,32,35)(H2,33,34,36). The maximum absolute atomic E-state index is 13.6. The molecule has 0 aliphatic carbocycles. The Bertz CT molecular complexity index is 1470. The molecule has 0 aromatic heterocycles. The first-order valence-electron chi connectivity index (χ1n) is 11.8. The lowest BCUT2D eigenvalue weighted by atomic mass is 9.81. The Morgan fingerprint density at radius 1 is 0.892 bits per heavy atom. The molecule has 3 N–H and O–H groups in total. The first-order valence-corrected chi connectivity index (χ1v) is 13.2. The maximum atomic E-state index is 13.6. The van der Waals surface area contributed by atoms with E-state index in [2.05, 4.69) is 16.0 Å². The molecular formula is C29H25ClN4O2S. The molecule has 0 fully saturated rings. The van der Waals surface area contributed by atoms with Gasteiger partial charge in [-0.25, -0.2) is 9.79 Å². The van der Waals surface area contributed by atoms with Crippen molar-refractivity contribution in [1.29, 1.82) is 0 Å². The van der Waals surface area contributed by atoms with Gasteiger partial charge in [-0.1, -0.05) is 78.0 Å². The fourth-order valence-corrected chi connectivity index (χ4v) is 5.74. The van der Waals surface area contributed by atoms with Gasteiger partial charge in [0, 0.05) is 45.0 Å². The number of nitrogens with zero attached hydrogens (tertiary/aromatic N) is 1. The zero-order chi connectivity index (χ0) is 25.9. The highest BCUT2D eigenvalue weighted by Gasteiger charge is 2.39. The van der Waals surface area contributed by atoms with Crippen molar-refractivity contribution in [3.63, 3.8) is 0 Å². The minimum absolute atomic E-state index is 0.220. The van der Waals surface area contributed by atoms with Crippen molar-refractivity contribution < 1.29 is 9.59 Å². The Morgan fingerprint density at radius 3 is 2.30 bits per heavy atom. The summed E-state index contributed by atoms with van der Waals surface area (Å²) in [5.74, 6) is -0.0557. The van der Waals surface area contributed by atoms with E-state index >= 15 is 0 Å². The zero-order valence-electron chi connectivity index (χ0n) is 20.3. The molecule has 3 aromatic carbocycles. The first-order chi connectivity index (χ1) is 17.9. The quantitative estimate of drug-likeness (QED) is 0.337. The van der Waals surface area contributed by atoms with E-state index in [1.165, 1.54) is 0 Å². The summed E-state index contributed by atoms with van der Waals surface area (Å²) in [6, 6.07) is 24.2. The van der Waals surface area contributed by atoms with Crippen LogP contribution in [0.1, 0.15) is 24.0 Å². The number of hydrogen-bond acceptors (Lipinski definition) is 4. The van der Waals surface area contributed by atoms with E-state index in [0.29, 0.717) is 33.4 Å². The van der Waals surface area contributed by atoms with Crippen LogP contribution < -0.4 is 16.0 Å². The molecule has 0 saturated carbocycles. The summed E-state index contributed by atoms with van der Waals surface area (Å²) in [5.41, 5.74) is 5.98.